The maximum atomic E-state index is 12.4. The van der Waals surface area contributed by atoms with Crippen LogP contribution in [0.25, 0.3) is 23.1 Å². The van der Waals surface area contributed by atoms with Gasteiger partial charge in [0.1, 0.15) is 12.3 Å². The highest BCUT2D eigenvalue weighted by molar-refractivity contribution is 6.01. The molecule has 0 saturated carbocycles. The normalized spacial score (nSPS) is 14.3. The second-order valence-corrected chi connectivity index (χ2v) is 6.68. The summed E-state index contributed by atoms with van der Waals surface area (Å²) in [5.74, 6) is -1.53. The van der Waals surface area contributed by atoms with Crippen LogP contribution in [0.5, 0.6) is 5.75 Å². The Morgan fingerprint density at radius 2 is 1.69 bits per heavy atom. The van der Waals surface area contributed by atoms with E-state index in [1.807, 2.05) is 42.5 Å². The van der Waals surface area contributed by atoms with Crippen molar-refractivity contribution in [2.75, 3.05) is 0 Å². The third kappa shape index (κ3) is 3.89. The Kier molecular flexibility index (Phi) is 4.87. The molecule has 1 aliphatic rings. The summed E-state index contributed by atoms with van der Waals surface area (Å²) in [5.41, 5.74) is 2.47. The molecule has 0 bridgehead atoms. The number of hydrogen-bond acceptors (Lipinski definition) is 5. The SMILES string of the molecule is O=C(Cn1c(/C=C/c2ccc(O)cc2)cc2ccccc21)ON1C(=O)CCC1=O. The van der Waals surface area contributed by atoms with E-state index in [0.29, 0.717) is 5.06 Å². The molecule has 1 N–H and O–H groups in total. The van der Waals surface area contributed by atoms with Gasteiger partial charge in [0.05, 0.1) is 0 Å². The Bertz CT molecular complexity index is 1110. The highest BCUT2D eigenvalue weighted by atomic mass is 16.7. The van der Waals surface area contributed by atoms with Crippen molar-refractivity contribution < 1.29 is 24.3 Å². The van der Waals surface area contributed by atoms with E-state index in [1.165, 1.54) is 0 Å². The van der Waals surface area contributed by atoms with Gasteiger partial charge >= 0.3 is 5.97 Å². The second-order valence-electron chi connectivity index (χ2n) is 6.68. The molecule has 2 aromatic carbocycles. The number of hydrogen-bond donors (Lipinski definition) is 1. The van der Waals surface area contributed by atoms with Crippen LogP contribution in [0.3, 0.4) is 0 Å². The third-order valence-electron chi connectivity index (χ3n) is 4.67. The minimum Gasteiger partial charge on any atom is -0.508 e. The molecule has 2 amide bonds. The molecule has 7 nitrogen and oxygen atoms in total. The Morgan fingerprint density at radius 3 is 2.41 bits per heavy atom. The number of carbonyl (C=O) groups is 3. The molecule has 0 unspecified atom stereocenters. The molecule has 1 saturated heterocycles. The zero-order chi connectivity index (χ0) is 20.4. The number of imide groups is 1. The van der Waals surface area contributed by atoms with Gasteiger partial charge in [0, 0.05) is 29.4 Å². The molecule has 1 aromatic heterocycles. The van der Waals surface area contributed by atoms with E-state index in [0.717, 1.165) is 22.2 Å². The van der Waals surface area contributed by atoms with Crippen molar-refractivity contribution in [3.05, 3.63) is 65.9 Å². The summed E-state index contributed by atoms with van der Waals surface area (Å²) in [5, 5.41) is 10.9. The number of fused-ring (bicyclic) bond motifs is 1. The second kappa shape index (κ2) is 7.63. The molecule has 146 valence electrons. The lowest BCUT2D eigenvalue weighted by atomic mass is 10.2. The van der Waals surface area contributed by atoms with E-state index >= 15 is 0 Å². The number of aromatic nitrogens is 1. The van der Waals surface area contributed by atoms with Gasteiger partial charge in [0.15, 0.2) is 0 Å². The summed E-state index contributed by atoms with van der Waals surface area (Å²) in [7, 11) is 0. The molecule has 0 aliphatic carbocycles. The Balaban J connectivity index is 1.61. The summed E-state index contributed by atoms with van der Waals surface area (Å²) in [6, 6.07) is 16.3. The highest BCUT2D eigenvalue weighted by Crippen LogP contribution is 2.23. The lowest BCUT2D eigenvalue weighted by Crippen LogP contribution is -2.33. The summed E-state index contributed by atoms with van der Waals surface area (Å²) >= 11 is 0. The van der Waals surface area contributed by atoms with Crippen LogP contribution < -0.4 is 0 Å². The average molecular weight is 390 g/mol. The zero-order valence-electron chi connectivity index (χ0n) is 15.4. The molecule has 0 atom stereocenters. The fourth-order valence-electron chi connectivity index (χ4n) is 3.23. The fraction of sp³-hybridized carbons (Fsp3) is 0.136. The van der Waals surface area contributed by atoms with Gasteiger partial charge < -0.3 is 14.5 Å². The predicted octanol–water partition coefficient (Wildman–Crippen LogP) is 3.12. The quantitative estimate of drug-likeness (QED) is 0.676. The number of benzene rings is 2. The molecular formula is C22H18N2O5. The van der Waals surface area contributed by atoms with Gasteiger partial charge in [-0.25, -0.2) is 4.79 Å². The van der Waals surface area contributed by atoms with Crippen molar-refractivity contribution in [1.82, 2.24) is 9.63 Å². The zero-order valence-corrected chi connectivity index (χ0v) is 15.4. The summed E-state index contributed by atoms with van der Waals surface area (Å²) in [4.78, 5) is 40.8. The van der Waals surface area contributed by atoms with Gasteiger partial charge in [-0.1, -0.05) is 36.4 Å². The highest BCUT2D eigenvalue weighted by Gasteiger charge is 2.33. The molecule has 0 spiro atoms. The number of carbonyl (C=O) groups excluding carboxylic acids is 3. The largest absolute Gasteiger partial charge is 0.508 e. The maximum Gasteiger partial charge on any atom is 0.352 e. The smallest absolute Gasteiger partial charge is 0.352 e. The number of nitrogens with zero attached hydrogens (tertiary/aromatic N) is 2. The Hall–Kier alpha value is -3.87. The lowest BCUT2D eigenvalue weighted by molar-refractivity contribution is -0.197. The number of amides is 2. The van der Waals surface area contributed by atoms with Crippen LogP contribution in [0.4, 0.5) is 0 Å². The monoisotopic (exact) mass is 390 g/mol. The minimum atomic E-state index is -0.700. The molecule has 1 aliphatic heterocycles. The first-order valence-electron chi connectivity index (χ1n) is 9.13. The molecule has 4 rings (SSSR count). The minimum absolute atomic E-state index is 0.0547. The predicted molar refractivity (Wildman–Crippen MR) is 106 cm³/mol. The van der Waals surface area contributed by atoms with Crippen LogP contribution in [0, 0.1) is 0 Å². The average Bonchev–Trinajstić information content (AvgIpc) is 3.22. The summed E-state index contributed by atoms with van der Waals surface area (Å²) < 4.78 is 1.76. The van der Waals surface area contributed by atoms with E-state index < -0.39 is 17.8 Å². The van der Waals surface area contributed by atoms with Gasteiger partial charge in [0.2, 0.25) is 0 Å². The van der Waals surface area contributed by atoms with Crippen molar-refractivity contribution in [3.8, 4) is 5.75 Å². The van der Waals surface area contributed by atoms with Gasteiger partial charge in [-0.05, 0) is 35.9 Å². The number of para-hydroxylation sites is 1. The van der Waals surface area contributed by atoms with Crippen molar-refractivity contribution in [1.29, 1.82) is 0 Å². The first-order chi connectivity index (χ1) is 14.0. The molecule has 3 aromatic rings. The van der Waals surface area contributed by atoms with Crippen molar-refractivity contribution >= 4 is 40.8 Å². The van der Waals surface area contributed by atoms with Gasteiger partial charge in [-0.15, -0.1) is 5.06 Å². The van der Waals surface area contributed by atoms with Gasteiger partial charge in [0.25, 0.3) is 11.8 Å². The molecule has 1 fully saturated rings. The first-order valence-corrected chi connectivity index (χ1v) is 9.13. The van der Waals surface area contributed by atoms with Crippen molar-refractivity contribution in [3.63, 3.8) is 0 Å². The van der Waals surface area contributed by atoms with Gasteiger partial charge in [-0.3, -0.25) is 9.59 Å². The maximum absolute atomic E-state index is 12.4. The van der Waals surface area contributed by atoms with E-state index in [9.17, 15) is 19.5 Å². The lowest BCUT2D eigenvalue weighted by Gasteiger charge is -2.14. The Labute approximate surface area is 166 Å². The van der Waals surface area contributed by atoms with Crippen molar-refractivity contribution in [2.24, 2.45) is 0 Å². The molecule has 7 heteroatoms. The van der Waals surface area contributed by atoms with Crippen molar-refractivity contribution in [2.45, 2.75) is 19.4 Å². The Morgan fingerprint density at radius 1 is 1.00 bits per heavy atom. The summed E-state index contributed by atoms with van der Waals surface area (Å²) in [6.45, 7) is -0.153. The number of rotatable bonds is 5. The number of phenolic OH excluding ortho intramolecular Hbond substituents is 1. The van der Waals surface area contributed by atoms with E-state index in [1.54, 1.807) is 28.8 Å². The van der Waals surface area contributed by atoms with Crippen LogP contribution in [-0.2, 0) is 25.8 Å². The molecule has 29 heavy (non-hydrogen) atoms. The topological polar surface area (TPSA) is 88.8 Å². The number of phenols is 1. The third-order valence-corrected chi connectivity index (χ3v) is 4.67. The first kappa shape index (κ1) is 18.5. The van der Waals surface area contributed by atoms with Crippen LogP contribution in [-0.4, -0.2) is 32.5 Å². The molecule has 0 radical (unpaired) electrons. The van der Waals surface area contributed by atoms with Crippen LogP contribution >= 0.6 is 0 Å². The van der Waals surface area contributed by atoms with E-state index in [2.05, 4.69) is 0 Å². The summed E-state index contributed by atoms with van der Waals surface area (Å²) in [6.07, 6.45) is 3.83. The van der Waals surface area contributed by atoms with Crippen LogP contribution in [0.15, 0.2) is 54.6 Å². The standard InChI is InChI=1S/C22H18N2O5/c25-18-9-6-15(7-10-18)5-8-17-13-16-3-1-2-4-19(16)23(17)14-22(28)29-24-20(26)11-12-21(24)27/h1-10,13,25H,11-12,14H2/b8-5+. The van der Waals surface area contributed by atoms with E-state index in [4.69, 9.17) is 4.84 Å². The number of hydroxylamine groups is 2. The molecule has 2 heterocycles. The van der Waals surface area contributed by atoms with E-state index in [-0.39, 0.29) is 25.1 Å². The molecular weight excluding hydrogens is 372 g/mol. The van der Waals surface area contributed by atoms with Crippen LogP contribution in [0.2, 0.25) is 0 Å². The fourth-order valence-corrected chi connectivity index (χ4v) is 3.23. The van der Waals surface area contributed by atoms with Crippen LogP contribution in [0.1, 0.15) is 24.1 Å². The number of aromatic hydroxyl groups is 1. The van der Waals surface area contributed by atoms with Gasteiger partial charge in [-0.2, -0.15) is 0 Å².